The topological polar surface area (TPSA) is 60.9 Å². The highest BCUT2D eigenvalue weighted by molar-refractivity contribution is 9.10. The summed E-state index contributed by atoms with van der Waals surface area (Å²) >= 11 is 3.14. The molecule has 0 spiro atoms. The molecule has 0 unspecified atom stereocenters. The van der Waals surface area contributed by atoms with E-state index in [0.717, 1.165) is 5.57 Å². The summed E-state index contributed by atoms with van der Waals surface area (Å²) in [6.45, 7) is 6.33. The molecule has 1 aromatic rings. The zero-order valence-electron chi connectivity index (χ0n) is 7.96. The molecule has 0 saturated heterocycles. The Bertz CT molecular complexity index is 411. The lowest BCUT2D eigenvalue weighted by atomic mass is 10.3. The van der Waals surface area contributed by atoms with Crippen LogP contribution in [0.2, 0.25) is 0 Å². The largest absolute Gasteiger partial charge is 0.327 e. The molecule has 4 nitrogen and oxygen atoms in total. The molecule has 1 heterocycles. The van der Waals surface area contributed by atoms with Crippen molar-refractivity contribution in [1.29, 1.82) is 0 Å². The van der Waals surface area contributed by atoms with Gasteiger partial charge in [0.1, 0.15) is 10.3 Å². The molecule has 0 fully saturated rings. The number of aryl methyl sites for hydroxylation is 1. The van der Waals surface area contributed by atoms with Crippen molar-refractivity contribution in [3.05, 3.63) is 39.0 Å². The van der Waals surface area contributed by atoms with Gasteiger partial charge in [-0.2, -0.15) is 0 Å². The average Bonchev–Trinajstić information content (AvgIpc) is 2.18. The second-order valence-electron chi connectivity index (χ2n) is 3.00. The van der Waals surface area contributed by atoms with Crippen molar-refractivity contribution in [3.8, 4) is 0 Å². The lowest BCUT2D eigenvalue weighted by Crippen LogP contribution is -2.26. The highest BCUT2D eigenvalue weighted by atomic mass is 79.9. The molecule has 14 heavy (non-hydrogen) atoms. The van der Waals surface area contributed by atoms with Crippen LogP contribution in [0.4, 0.5) is 0 Å². The van der Waals surface area contributed by atoms with Crippen LogP contribution >= 0.6 is 15.9 Å². The lowest BCUT2D eigenvalue weighted by Gasteiger charge is -2.09. The van der Waals surface area contributed by atoms with Crippen LogP contribution in [0.25, 0.3) is 0 Å². The molecule has 1 aromatic heterocycles. The molecule has 76 valence electrons. The van der Waals surface area contributed by atoms with Crippen molar-refractivity contribution in [3.63, 3.8) is 0 Å². The third-order valence-electron chi connectivity index (χ3n) is 1.88. The van der Waals surface area contributed by atoms with Crippen molar-refractivity contribution in [2.45, 2.75) is 13.5 Å². The summed E-state index contributed by atoms with van der Waals surface area (Å²) in [7, 11) is 0. The Balaban J connectivity index is 3.13. The summed E-state index contributed by atoms with van der Waals surface area (Å²) in [5.41, 5.74) is 6.11. The minimum absolute atomic E-state index is 0.105. The molecule has 0 aliphatic heterocycles. The number of rotatable bonds is 3. The first-order chi connectivity index (χ1) is 6.56. The minimum atomic E-state index is -0.105. The van der Waals surface area contributed by atoms with Crippen LogP contribution in [-0.2, 0) is 6.54 Å². The summed E-state index contributed by atoms with van der Waals surface area (Å²) in [5.74, 6) is 0.660. The smallest absolute Gasteiger partial charge is 0.268 e. The molecule has 0 radical (unpaired) electrons. The van der Waals surface area contributed by atoms with Crippen molar-refractivity contribution >= 4 is 15.9 Å². The fourth-order valence-corrected chi connectivity index (χ4v) is 1.34. The molecule has 0 amide bonds. The molecule has 0 bridgehead atoms. The highest BCUT2D eigenvalue weighted by Gasteiger charge is 2.05. The van der Waals surface area contributed by atoms with Gasteiger partial charge in [0.15, 0.2) is 0 Å². The Hall–Kier alpha value is -0.940. The Morgan fingerprint density at radius 3 is 3.00 bits per heavy atom. The Morgan fingerprint density at radius 2 is 2.43 bits per heavy atom. The average molecular weight is 258 g/mol. The molecule has 0 aliphatic carbocycles. The summed E-state index contributed by atoms with van der Waals surface area (Å²) < 4.78 is 1.99. The number of halogens is 1. The normalized spacial score (nSPS) is 10.2. The van der Waals surface area contributed by atoms with E-state index in [1.165, 1.54) is 6.20 Å². The van der Waals surface area contributed by atoms with Crippen LogP contribution in [0.15, 0.2) is 27.6 Å². The second kappa shape index (κ2) is 4.52. The number of nitrogens with zero attached hydrogens (tertiary/aromatic N) is 2. The van der Waals surface area contributed by atoms with Gasteiger partial charge < -0.3 is 5.73 Å². The first-order valence-electron chi connectivity index (χ1n) is 4.15. The van der Waals surface area contributed by atoms with E-state index in [1.807, 2.05) is 0 Å². The maximum Gasteiger partial charge on any atom is 0.268 e. The van der Waals surface area contributed by atoms with E-state index in [-0.39, 0.29) is 5.56 Å². The van der Waals surface area contributed by atoms with Crippen molar-refractivity contribution < 1.29 is 0 Å². The first kappa shape index (κ1) is 11.1. The number of aromatic nitrogens is 2. The SMILES string of the molecule is C=C(CN)Cn1c(C)ncc(Br)c1=O. The molecular weight excluding hydrogens is 246 g/mol. The fraction of sp³-hybridized carbons (Fsp3) is 0.333. The molecule has 0 saturated carbocycles. The maximum absolute atomic E-state index is 11.6. The molecule has 5 heteroatoms. The first-order valence-corrected chi connectivity index (χ1v) is 4.94. The van der Waals surface area contributed by atoms with E-state index < -0.39 is 0 Å². The van der Waals surface area contributed by atoms with Crippen LogP contribution in [0, 0.1) is 6.92 Å². The molecular formula is C9H12BrN3O. The Kier molecular flexibility index (Phi) is 3.60. The van der Waals surface area contributed by atoms with Gasteiger partial charge in [0.25, 0.3) is 5.56 Å². The number of hydrogen-bond donors (Lipinski definition) is 1. The van der Waals surface area contributed by atoms with Crippen LogP contribution in [0.5, 0.6) is 0 Å². The van der Waals surface area contributed by atoms with Crippen molar-refractivity contribution in [2.75, 3.05) is 6.54 Å². The Labute approximate surface area is 90.6 Å². The van der Waals surface area contributed by atoms with E-state index in [4.69, 9.17) is 5.73 Å². The third-order valence-corrected chi connectivity index (χ3v) is 2.42. The monoisotopic (exact) mass is 257 g/mol. The van der Waals surface area contributed by atoms with Crippen molar-refractivity contribution in [2.24, 2.45) is 5.73 Å². The zero-order chi connectivity index (χ0) is 10.7. The summed E-state index contributed by atoms with van der Waals surface area (Å²) in [6.07, 6.45) is 1.50. The van der Waals surface area contributed by atoms with Gasteiger partial charge in [-0.05, 0) is 28.4 Å². The maximum atomic E-state index is 11.6. The van der Waals surface area contributed by atoms with E-state index in [9.17, 15) is 4.79 Å². The van der Waals surface area contributed by atoms with Gasteiger partial charge in [0.05, 0.1) is 0 Å². The fourth-order valence-electron chi connectivity index (χ4n) is 1.03. The molecule has 1 rings (SSSR count). The molecule has 0 atom stereocenters. The van der Waals surface area contributed by atoms with E-state index in [2.05, 4.69) is 27.5 Å². The Morgan fingerprint density at radius 1 is 1.79 bits per heavy atom. The van der Waals surface area contributed by atoms with Gasteiger partial charge in [0.2, 0.25) is 0 Å². The van der Waals surface area contributed by atoms with Crippen LogP contribution in [0.3, 0.4) is 0 Å². The second-order valence-corrected chi connectivity index (χ2v) is 3.85. The van der Waals surface area contributed by atoms with Gasteiger partial charge in [-0.1, -0.05) is 6.58 Å². The van der Waals surface area contributed by atoms with Crippen LogP contribution < -0.4 is 11.3 Å². The molecule has 2 N–H and O–H groups in total. The predicted octanol–water partition coefficient (Wildman–Crippen LogP) is 0.829. The molecule has 0 aromatic carbocycles. The summed E-state index contributed by atoms with van der Waals surface area (Å²) in [6, 6.07) is 0. The standard InChI is InChI=1S/C9H12BrN3O/c1-6(3-11)5-13-7(2)12-4-8(10)9(13)14/h4H,1,3,5,11H2,2H3. The van der Waals surface area contributed by atoms with Gasteiger partial charge >= 0.3 is 0 Å². The predicted molar refractivity (Wildman–Crippen MR) is 59.1 cm³/mol. The summed E-state index contributed by atoms with van der Waals surface area (Å²) in [5, 5.41) is 0. The van der Waals surface area contributed by atoms with Gasteiger partial charge in [-0.25, -0.2) is 4.98 Å². The quantitative estimate of drug-likeness (QED) is 0.817. The van der Waals surface area contributed by atoms with Gasteiger partial charge in [-0.15, -0.1) is 0 Å². The highest BCUT2D eigenvalue weighted by Crippen LogP contribution is 2.03. The number of hydrogen-bond acceptors (Lipinski definition) is 3. The lowest BCUT2D eigenvalue weighted by molar-refractivity contribution is 0.679. The van der Waals surface area contributed by atoms with Gasteiger partial charge in [-0.3, -0.25) is 9.36 Å². The van der Waals surface area contributed by atoms with Crippen LogP contribution in [0.1, 0.15) is 5.82 Å². The van der Waals surface area contributed by atoms with Gasteiger partial charge in [0, 0.05) is 19.3 Å². The van der Waals surface area contributed by atoms with Crippen LogP contribution in [-0.4, -0.2) is 16.1 Å². The van der Waals surface area contributed by atoms with E-state index in [1.54, 1.807) is 11.5 Å². The van der Waals surface area contributed by atoms with E-state index in [0.29, 0.717) is 23.4 Å². The molecule has 0 aliphatic rings. The zero-order valence-corrected chi connectivity index (χ0v) is 9.54. The van der Waals surface area contributed by atoms with Crippen molar-refractivity contribution in [1.82, 2.24) is 9.55 Å². The summed E-state index contributed by atoms with van der Waals surface area (Å²) in [4.78, 5) is 15.7. The third kappa shape index (κ3) is 2.30. The minimum Gasteiger partial charge on any atom is -0.327 e. The van der Waals surface area contributed by atoms with E-state index >= 15 is 0 Å². The number of nitrogens with two attached hydrogens (primary N) is 1.